The third-order valence-electron chi connectivity index (χ3n) is 2.97. The van der Waals surface area contributed by atoms with E-state index in [1.165, 1.54) is 6.20 Å². The Morgan fingerprint density at radius 2 is 2.00 bits per heavy atom. The minimum atomic E-state index is -3.84. The number of nitrogens with zero attached hydrogens (tertiary/aromatic N) is 2. The molecule has 1 heterocycles. The van der Waals surface area contributed by atoms with Crippen LogP contribution < -0.4 is 5.14 Å². The van der Waals surface area contributed by atoms with E-state index in [-0.39, 0.29) is 10.9 Å². The zero-order chi connectivity index (χ0) is 15.8. The Labute approximate surface area is 133 Å². The summed E-state index contributed by atoms with van der Waals surface area (Å²) in [5, 5.41) is 5.88. The van der Waals surface area contributed by atoms with E-state index in [1.54, 1.807) is 16.7 Å². The molecule has 5 nitrogen and oxygen atoms in total. The summed E-state index contributed by atoms with van der Waals surface area (Å²) < 4.78 is 24.6. The molecule has 2 N–H and O–H groups in total. The number of imidazole rings is 1. The second-order valence-corrected chi connectivity index (χ2v) is 7.27. The Balaban J connectivity index is 2.48. The van der Waals surface area contributed by atoms with Crippen LogP contribution in [0.2, 0.25) is 10.0 Å². The fourth-order valence-corrected chi connectivity index (χ4v) is 2.86. The van der Waals surface area contributed by atoms with Crippen molar-refractivity contribution in [3.63, 3.8) is 0 Å². The molecule has 0 spiro atoms. The molecule has 2 aromatic rings. The number of nitrogens with two attached hydrogens (primary N) is 1. The molecule has 0 atom stereocenters. The monoisotopic (exact) mass is 347 g/mol. The molecule has 0 fully saturated rings. The van der Waals surface area contributed by atoms with Gasteiger partial charge in [0.05, 0.1) is 16.6 Å². The van der Waals surface area contributed by atoms with Gasteiger partial charge in [0.1, 0.15) is 5.82 Å². The summed E-state index contributed by atoms with van der Waals surface area (Å²) in [4.78, 5) is 4.10. The van der Waals surface area contributed by atoms with E-state index in [4.69, 9.17) is 28.3 Å². The van der Waals surface area contributed by atoms with Crippen LogP contribution in [0.1, 0.15) is 31.2 Å². The first-order chi connectivity index (χ1) is 9.70. The van der Waals surface area contributed by atoms with Crippen molar-refractivity contribution in [1.29, 1.82) is 0 Å². The van der Waals surface area contributed by atoms with Crippen molar-refractivity contribution in [1.82, 2.24) is 9.55 Å². The Morgan fingerprint density at radius 3 is 2.57 bits per heavy atom. The number of sulfonamides is 1. The normalized spacial score (nSPS) is 12.1. The summed E-state index contributed by atoms with van der Waals surface area (Å²) in [6.45, 7) is 4.21. The number of aromatic nitrogens is 2. The molecular formula is C13H15Cl2N3O2S. The van der Waals surface area contributed by atoms with Crippen molar-refractivity contribution in [2.24, 2.45) is 5.14 Å². The number of benzene rings is 1. The average Bonchev–Trinajstić information content (AvgIpc) is 2.79. The van der Waals surface area contributed by atoms with Crippen molar-refractivity contribution in [2.45, 2.75) is 31.3 Å². The van der Waals surface area contributed by atoms with Crippen LogP contribution in [0.5, 0.6) is 0 Å². The first-order valence-electron chi connectivity index (χ1n) is 6.23. The summed E-state index contributed by atoms with van der Waals surface area (Å²) in [5.74, 6) is 0.661. The summed E-state index contributed by atoms with van der Waals surface area (Å²) in [6, 6.07) is 5.31. The summed E-state index contributed by atoms with van der Waals surface area (Å²) in [6.07, 6.45) is 1.42. The fraction of sp³-hybridized carbons (Fsp3) is 0.308. The summed E-state index contributed by atoms with van der Waals surface area (Å²) in [5.41, 5.74) is 0.782. The van der Waals surface area contributed by atoms with Crippen molar-refractivity contribution in [3.05, 3.63) is 45.8 Å². The number of hydrogen-bond donors (Lipinski definition) is 1. The van der Waals surface area contributed by atoms with Crippen LogP contribution in [0.15, 0.2) is 29.4 Å². The zero-order valence-corrected chi connectivity index (χ0v) is 13.9. The molecule has 0 amide bonds. The zero-order valence-electron chi connectivity index (χ0n) is 11.5. The Kier molecular flexibility index (Phi) is 4.63. The fourth-order valence-electron chi connectivity index (χ4n) is 1.98. The summed E-state index contributed by atoms with van der Waals surface area (Å²) in [7, 11) is -3.84. The van der Waals surface area contributed by atoms with Crippen LogP contribution in [0, 0.1) is 0 Å². The maximum Gasteiger partial charge on any atom is 0.257 e. The van der Waals surface area contributed by atoms with Crippen LogP contribution in [0.3, 0.4) is 0 Å². The van der Waals surface area contributed by atoms with Gasteiger partial charge in [-0.1, -0.05) is 49.2 Å². The molecule has 114 valence electrons. The molecule has 0 saturated carbocycles. The molecule has 0 bridgehead atoms. The van der Waals surface area contributed by atoms with E-state index in [2.05, 4.69) is 4.98 Å². The van der Waals surface area contributed by atoms with Crippen LogP contribution in [0.25, 0.3) is 0 Å². The second-order valence-electron chi connectivity index (χ2n) is 4.98. The topological polar surface area (TPSA) is 78.0 Å². The highest BCUT2D eigenvalue weighted by Gasteiger charge is 2.19. The minimum absolute atomic E-state index is 0.0402. The highest BCUT2D eigenvalue weighted by Crippen LogP contribution is 2.27. The molecule has 0 radical (unpaired) electrons. The Morgan fingerprint density at radius 1 is 1.33 bits per heavy atom. The Hall–Kier alpha value is -1.08. The van der Waals surface area contributed by atoms with E-state index in [9.17, 15) is 8.42 Å². The Bertz CT molecular complexity index is 770. The van der Waals surface area contributed by atoms with Gasteiger partial charge in [0, 0.05) is 12.1 Å². The van der Waals surface area contributed by atoms with Gasteiger partial charge in [-0.05, 0) is 11.6 Å². The van der Waals surface area contributed by atoms with Crippen LogP contribution in [-0.2, 0) is 16.6 Å². The molecule has 0 aliphatic rings. The molecule has 21 heavy (non-hydrogen) atoms. The quantitative estimate of drug-likeness (QED) is 0.923. The van der Waals surface area contributed by atoms with Gasteiger partial charge >= 0.3 is 0 Å². The molecule has 2 rings (SSSR count). The van der Waals surface area contributed by atoms with Crippen LogP contribution in [0.4, 0.5) is 0 Å². The lowest BCUT2D eigenvalue weighted by atomic mass is 10.2. The van der Waals surface area contributed by atoms with Gasteiger partial charge in [0.15, 0.2) is 5.03 Å². The molecule has 0 saturated heterocycles. The predicted octanol–water partition coefficient (Wildman–Crippen LogP) is 3.01. The first kappa shape index (κ1) is 16.3. The van der Waals surface area contributed by atoms with Gasteiger partial charge in [-0.25, -0.2) is 18.5 Å². The number of hydrogen-bond acceptors (Lipinski definition) is 3. The lowest BCUT2D eigenvalue weighted by Gasteiger charge is -2.11. The molecule has 1 aromatic carbocycles. The van der Waals surface area contributed by atoms with Crippen molar-refractivity contribution < 1.29 is 8.42 Å². The lowest BCUT2D eigenvalue weighted by molar-refractivity contribution is 0.594. The van der Waals surface area contributed by atoms with Crippen molar-refractivity contribution in [2.75, 3.05) is 0 Å². The van der Waals surface area contributed by atoms with Gasteiger partial charge in [0.2, 0.25) is 0 Å². The largest absolute Gasteiger partial charge is 0.329 e. The lowest BCUT2D eigenvalue weighted by Crippen LogP contribution is -2.12. The third-order valence-corrected chi connectivity index (χ3v) is 4.60. The molecule has 0 unspecified atom stereocenters. The molecular weight excluding hydrogens is 333 g/mol. The smallest absolute Gasteiger partial charge is 0.257 e. The van der Waals surface area contributed by atoms with Crippen molar-refractivity contribution >= 4 is 33.2 Å². The van der Waals surface area contributed by atoms with Gasteiger partial charge in [0.25, 0.3) is 10.0 Å². The van der Waals surface area contributed by atoms with Gasteiger partial charge < -0.3 is 4.57 Å². The first-order valence-corrected chi connectivity index (χ1v) is 8.53. The van der Waals surface area contributed by atoms with Gasteiger partial charge in [-0.15, -0.1) is 0 Å². The van der Waals surface area contributed by atoms with E-state index in [0.717, 1.165) is 5.56 Å². The van der Waals surface area contributed by atoms with E-state index in [1.807, 2.05) is 19.9 Å². The standard InChI is InChI=1S/C13H15Cl2N3O2S/c1-8(2)13-17-11(21(16,19)20)7-18(13)6-9-4-3-5-10(14)12(9)15/h3-5,7-8H,6H2,1-2H3,(H2,16,19,20). The van der Waals surface area contributed by atoms with Crippen molar-refractivity contribution in [3.8, 4) is 0 Å². The van der Waals surface area contributed by atoms with Crippen LogP contribution >= 0.6 is 23.2 Å². The average molecular weight is 348 g/mol. The number of halogens is 2. The molecule has 8 heteroatoms. The number of primary sulfonamides is 1. The maximum atomic E-state index is 11.4. The van der Waals surface area contributed by atoms with Gasteiger partial charge in [-0.3, -0.25) is 0 Å². The number of rotatable bonds is 4. The molecule has 0 aliphatic heterocycles. The summed E-state index contributed by atoms with van der Waals surface area (Å²) >= 11 is 12.2. The predicted molar refractivity (Wildman–Crippen MR) is 83.3 cm³/mol. The second kappa shape index (κ2) is 5.96. The highest BCUT2D eigenvalue weighted by atomic mass is 35.5. The van der Waals surface area contributed by atoms with E-state index >= 15 is 0 Å². The van der Waals surface area contributed by atoms with E-state index in [0.29, 0.717) is 22.4 Å². The third kappa shape index (κ3) is 3.58. The molecule has 1 aromatic heterocycles. The SMILES string of the molecule is CC(C)c1nc(S(N)(=O)=O)cn1Cc1cccc(Cl)c1Cl. The highest BCUT2D eigenvalue weighted by molar-refractivity contribution is 7.89. The van der Waals surface area contributed by atoms with E-state index < -0.39 is 10.0 Å². The molecule has 0 aliphatic carbocycles. The maximum absolute atomic E-state index is 11.4. The van der Waals surface area contributed by atoms with Crippen LogP contribution in [-0.4, -0.2) is 18.0 Å². The minimum Gasteiger partial charge on any atom is -0.329 e. The van der Waals surface area contributed by atoms with Gasteiger partial charge in [-0.2, -0.15) is 0 Å².